The first kappa shape index (κ1) is 17.9. The summed E-state index contributed by atoms with van der Waals surface area (Å²) in [4.78, 5) is 36.1. The normalized spacial score (nSPS) is 28.5. The fraction of sp³-hybridized carbons (Fsp3) is 0.667. The molecule has 146 valence electrons. The Balaban J connectivity index is 1.57. The third kappa shape index (κ3) is 3.41. The number of anilines is 1. The van der Waals surface area contributed by atoms with E-state index in [0.717, 1.165) is 24.2 Å². The number of nitrogens with two attached hydrogens (primary N) is 1. The predicted octanol–water partition coefficient (Wildman–Crippen LogP) is 0.694. The Morgan fingerprint density at radius 2 is 2.11 bits per heavy atom. The third-order valence-electron chi connectivity index (χ3n) is 4.84. The summed E-state index contributed by atoms with van der Waals surface area (Å²) in [6, 6.07) is 0. The summed E-state index contributed by atoms with van der Waals surface area (Å²) < 4.78 is 13.0. The van der Waals surface area contributed by atoms with E-state index in [1.807, 2.05) is 0 Å². The average molecular weight is 396 g/mol. The zero-order valence-corrected chi connectivity index (χ0v) is 15.4. The Hall–Kier alpha value is -2.47. The number of ether oxygens (including phenoxy) is 2. The number of aromatic nitrogens is 1. The minimum Gasteiger partial charge on any atom is -0.459 e. The molecule has 1 aromatic heterocycles. The van der Waals surface area contributed by atoms with Crippen molar-refractivity contribution in [3.05, 3.63) is 14.5 Å². The van der Waals surface area contributed by atoms with Gasteiger partial charge < -0.3 is 25.9 Å². The molecule has 0 radical (unpaired) electrons. The van der Waals surface area contributed by atoms with Crippen molar-refractivity contribution in [2.24, 2.45) is 22.1 Å². The van der Waals surface area contributed by atoms with Crippen LogP contribution in [0.25, 0.3) is 0 Å². The number of hydrogen-bond donors (Lipinski definition) is 3. The minimum absolute atomic E-state index is 0.259. The molecule has 4 atom stereocenters. The quantitative estimate of drug-likeness (QED) is 0.287. The first-order valence-electron chi connectivity index (χ1n) is 8.73. The highest BCUT2D eigenvalue weighted by Crippen LogP contribution is 2.42. The molecule has 12 heteroatoms. The fourth-order valence-corrected chi connectivity index (χ4v) is 4.47. The second-order valence-electron chi connectivity index (χ2n) is 6.78. The maximum atomic E-state index is 12.5. The molecule has 4 N–H and O–H groups in total. The molecule has 11 nitrogen and oxygen atoms in total. The minimum atomic E-state index is -0.854. The van der Waals surface area contributed by atoms with Crippen LogP contribution in [0.4, 0.5) is 5.82 Å². The third-order valence-corrected chi connectivity index (χ3v) is 5.80. The molecule has 0 spiro atoms. The molecule has 0 bridgehead atoms. The summed E-state index contributed by atoms with van der Waals surface area (Å²) in [5, 5.41) is 12.3. The molecule has 2 unspecified atom stereocenters. The Kier molecular flexibility index (Phi) is 4.60. The molecule has 27 heavy (non-hydrogen) atoms. The van der Waals surface area contributed by atoms with Crippen LogP contribution in [0.2, 0.25) is 0 Å². The Morgan fingerprint density at radius 1 is 1.33 bits per heavy atom. The molecule has 2 aliphatic heterocycles. The number of nitrogens with one attached hydrogen (secondary N) is 2. The summed E-state index contributed by atoms with van der Waals surface area (Å²) in [6.07, 6.45) is 1.27. The summed E-state index contributed by atoms with van der Waals surface area (Å²) in [5.41, 5.74) is 0. The van der Waals surface area contributed by atoms with Crippen molar-refractivity contribution in [1.29, 1.82) is 0 Å². The van der Waals surface area contributed by atoms with Gasteiger partial charge >= 0.3 is 10.8 Å². The van der Waals surface area contributed by atoms with Crippen molar-refractivity contribution in [1.82, 2.24) is 9.88 Å². The van der Waals surface area contributed by atoms with Gasteiger partial charge in [0, 0.05) is 6.92 Å². The number of amides is 1. The highest BCUT2D eigenvalue weighted by atomic mass is 32.1. The summed E-state index contributed by atoms with van der Waals surface area (Å²) in [7, 11) is 0. The molecule has 1 amide bonds. The van der Waals surface area contributed by atoms with Gasteiger partial charge in [-0.3, -0.25) is 19.0 Å². The number of rotatable bonds is 5. The number of esters is 1. The van der Waals surface area contributed by atoms with E-state index in [1.54, 1.807) is 0 Å². The van der Waals surface area contributed by atoms with E-state index in [1.165, 1.54) is 11.5 Å². The maximum Gasteiger partial charge on any atom is 0.311 e. The SMILES string of the molecule is CC(=O)OC(C1CC1)[C@@H]1CC[C@H](n2c3c(sc2=O)C(=O)NC(N=NN)N3)O1. The van der Waals surface area contributed by atoms with Crippen molar-refractivity contribution in [2.45, 2.75) is 57.3 Å². The smallest absolute Gasteiger partial charge is 0.311 e. The lowest BCUT2D eigenvalue weighted by Gasteiger charge is -2.26. The first-order chi connectivity index (χ1) is 13.0. The highest BCUT2D eigenvalue weighted by molar-refractivity contribution is 7.12. The van der Waals surface area contributed by atoms with E-state index < -0.39 is 18.4 Å². The van der Waals surface area contributed by atoms with Crippen LogP contribution in [0.5, 0.6) is 0 Å². The van der Waals surface area contributed by atoms with E-state index in [9.17, 15) is 14.4 Å². The Morgan fingerprint density at radius 3 is 2.78 bits per heavy atom. The van der Waals surface area contributed by atoms with E-state index in [2.05, 4.69) is 21.0 Å². The van der Waals surface area contributed by atoms with Crippen LogP contribution < -0.4 is 21.3 Å². The van der Waals surface area contributed by atoms with Gasteiger partial charge in [-0.2, -0.15) is 0 Å². The number of carbonyl (C=O) groups is 2. The number of thiazole rings is 1. The van der Waals surface area contributed by atoms with E-state index in [0.29, 0.717) is 24.6 Å². The van der Waals surface area contributed by atoms with E-state index in [4.69, 9.17) is 15.3 Å². The lowest BCUT2D eigenvalue weighted by molar-refractivity contribution is -0.158. The number of nitrogens with zero attached hydrogens (tertiary/aromatic N) is 3. The monoisotopic (exact) mass is 396 g/mol. The molecule has 1 aromatic rings. The molecule has 3 aliphatic rings. The van der Waals surface area contributed by atoms with Gasteiger partial charge in [-0.05, 0) is 31.6 Å². The molecule has 1 saturated heterocycles. The van der Waals surface area contributed by atoms with E-state index >= 15 is 0 Å². The average Bonchev–Trinajstić information content (AvgIpc) is 3.24. The van der Waals surface area contributed by atoms with Crippen molar-refractivity contribution in [2.75, 3.05) is 5.32 Å². The van der Waals surface area contributed by atoms with Crippen LogP contribution in [0.15, 0.2) is 15.1 Å². The summed E-state index contributed by atoms with van der Waals surface area (Å²) in [6.45, 7) is 1.39. The second kappa shape index (κ2) is 6.93. The molecule has 1 saturated carbocycles. The highest BCUT2D eigenvalue weighted by Gasteiger charge is 2.44. The van der Waals surface area contributed by atoms with Gasteiger partial charge in [0.15, 0.2) is 0 Å². The van der Waals surface area contributed by atoms with E-state index in [-0.39, 0.29) is 27.9 Å². The largest absolute Gasteiger partial charge is 0.459 e. The Bertz CT molecular complexity index is 846. The van der Waals surface area contributed by atoms with Crippen molar-refractivity contribution in [3.8, 4) is 0 Å². The van der Waals surface area contributed by atoms with Crippen LogP contribution >= 0.6 is 11.3 Å². The van der Waals surface area contributed by atoms with Gasteiger partial charge in [0.25, 0.3) is 5.91 Å². The zero-order valence-electron chi connectivity index (χ0n) is 14.6. The fourth-order valence-electron chi connectivity index (χ4n) is 3.58. The van der Waals surface area contributed by atoms with Gasteiger partial charge in [-0.25, -0.2) is 0 Å². The molecular formula is C15H20N6O5S. The number of carbonyl (C=O) groups excluding carboxylic acids is 2. The topological polar surface area (TPSA) is 149 Å². The number of hydrogen-bond acceptors (Lipinski definition) is 9. The van der Waals surface area contributed by atoms with Gasteiger partial charge in [-0.15, -0.1) is 5.11 Å². The lowest BCUT2D eigenvalue weighted by atomic mass is 10.1. The predicted molar refractivity (Wildman–Crippen MR) is 93.9 cm³/mol. The van der Waals surface area contributed by atoms with Crippen molar-refractivity contribution in [3.63, 3.8) is 0 Å². The zero-order chi connectivity index (χ0) is 19.1. The van der Waals surface area contributed by atoms with Gasteiger partial charge in [-0.1, -0.05) is 16.6 Å². The maximum absolute atomic E-state index is 12.5. The molecule has 2 fully saturated rings. The molecule has 1 aliphatic carbocycles. The van der Waals surface area contributed by atoms with Gasteiger partial charge in [0.1, 0.15) is 23.0 Å². The van der Waals surface area contributed by atoms with Crippen LogP contribution in [0, 0.1) is 5.92 Å². The van der Waals surface area contributed by atoms with Crippen LogP contribution in [-0.4, -0.2) is 34.9 Å². The van der Waals surface area contributed by atoms with Gasteiger partial charge in [0.2, 0.25) is 6.29 Å². The Labute approximate surface area is 157 Å². The van der Waals surface area contributed by atoms with Crippen LogP contribution in [0.3, 0.4) is 0 Å². The van der Waals surface area contributed by atoms with Crippen LogP contribution in [0.1, 0.15) is 48.5 Å². The lowest BCUT2D eigenvalue weighted by Crippen LogP contribution is -2.44. The second-order valence-corrected chi connectivity index (χ2v) is 7.75. The van der Waals surface area contributed by atoms with Crippen molar-refractivity contribution >= 4 is 29.0 Å². The first-order valence-corrected chi connectivity index (χ1v) is 9.55. The molecular weight excluding hydrogens is 376 g/mol. The molecule has 4 rings (SSSR count). The standard InChI is InChI=1S/C15H20N6O5S/c1-6(22)25-10(7-2-3-7)8-4-5-9(26-8)21-12-11(27-15(21)24)13(23)18-14(17-12)19-20-16/h7-10,14,17H,2-5H2,1H3,(H2,16,19)(H,18,23)/t8-,9+,10?,14?/m0/s1. The molecule has 3 heterocycles. The summed E-state index contributed by atoms with van der Waals surface area (Å²) in [5.74, 6) is 4.94. The number of fused-ring (bicyclic) bond motifs is 1. The molecule has 0 aromatic carbocycles. The van der Waals surface area contributed by atoms with Gasteiger partial charge in [0.05, 0.1) is 6.10 Å². The summed E-state index contributed by atoms with van der Waals surface area (Å²) >= 11 is 0.835. The van der Waals surface area contributed by atoms with Crippen LogP contribution in [-0.2, 0) is 14.3 Å². The van der Waals surface area contributed by atoms with Crippen molar-refractivity contribution < 1.29 is 19.1 Å².